The quantitative estimate of drug-likeness (QED) is 0.406. The molecule has 37 heavy (non-hydrogen) atoms. The average molecular weight is 508 g/mol. The first kappa shape index (κ1) is 29.6. The molecule has 0 radical (unpaired) electrons. The number of alkyl carbamates (subject to hydrolysis) is 1. The fourth-order valence-corrected chi connectivity index (χ4v) is 3.98. The van der Waals surface area contributed by atoms with Gasteiger partial charge in [0.2, 0.25) is 5.91 Å². The molecule has 0 fully saturated rings. The Bertz CT molecular complexity index is 1100. The molecule has 2 atom stereocenters. The van der Waals surface area contributed by atoms with Crippen molar-refractivity contribution in [3.05, 3.63) is 71.8 Å². The molecule has 7 nitrogen and oxygen atoms in total. The van der Waals surface area contributed by atoms with Crippen LogP contribution >= 0.6 is 0 Å². The van der Waals surface area contributed by atoms with Crippen molar-refractivity contribution < 1.29 is 19.1 Å². The van der Waals surface area contributed by atoms with Crippen LogP contribution < -0.4 is 10.6 Å². The number of rotatable bonds is 10. The van der Waals surface area contributed by atoms with Crippen molar-refractivity contribution in [3.8, 4) is 0 Å². The molecule has 0 aromatic heterocycles. The first-order chi connectivity index (χ1) is 17.4. The van der Waals surface area contributed by atoms with Crippen LogP contribution in [0.4, 0.5) is 10.5 Å². The number of ether oxygens (including phenoxy) is 1. The Morgan fingerprint density at radius 1 is 1.08 bits per heavy atom. The molecule has 2 aromatic carbocycles. The first-order valence-electron chi connectivity index (χ1n) is 12.8. The zero-order valence-corrected chi connectivity index (χ0v) is 23.1. The van der Waals surface area contributed by atoms with Crippen LogP contribution in [0.1, 0.15) is 70.7 Å². The standard InChI is InChI=1S/C30H41N3O4/c1-9-18-33(28(35)25(20(3)4)32-29(36)37-30(6,7)8)26(23-16-13-15-22(10-2)19-23)27(34)31-24-17-12-11-14-21(24)5/h10-17,19-20,25-26H,2,9,18H2,1,3-8H3,(H,31,34)(H,32,36). The predicted molar refractivity (Wildman–Crippen MR) is 149 cm³/mol. The summed E-state index contributed by atoms with van der Waals surface area (Å²) in [6.07, 6.45) is 1.65. The van der Waals surface area contributed by atoms with Crippen molar-refractivity contribution in [2.24, 2.45) is 5.92 Å². The third kappa shape index (κ3) is 8.48. The fourth-order valence-electron chi connectivity index (χ4n) is 3.98. The summed E-state index contributed by atoms with van der Waals surface area (Å²) in [5, 5.41) is 5.75. The molecule has 0 spiro atoms. The van der Waals surface area contributed by atoms with Crippen molar-refractivity contribution in [1.82, 2.24) is 10.2 Å². The van der Waals surface area contributed by atoms with E-state index in [1.165, 1.54) is 0 Å². The Hall–Kier alpha value is -3.61. The van der Waals surface area contributed by atoms with E-state index < -0.39 is 23.8 Å². The van der Waals surface area contributed by atoms with Crippen LogP contribution in [0, 0.1) is 12.8 Å². The molecular weight excluding hydrogens is 466 g/mol. The number of para-hydroxylation sites is 1. The van der Waals surface area contributed by atoms with Crippen LogP contribution in [0.15, 0.2) is 55.1 Å². The van der Waals surface area contributed by atoms with E-state index in [1.807, 2.05) is 76.2 Å². The molecule has 0 heterocycles. The zero-order chi connectivity index (χ0) is 27.8. The predicted octanol–water partition coefficient (Wildman–Crippen LogP) is 6.11. The van der Waals surface area contributed by atoms with Crippen molar-refractivity contribution in [3.63, 3.8) is 0 Å². The number of amides is 3. The molecule has 2 rings (SSSR count). The monoisotopic (exact) mass is 507 g/mol. The molecule has 0 aliphatic carbocycles. The largest absolute Gasteiger partial charge is 0.444 e. The molecule has 0 saturated heterocycles. The minimum atomic E-state index is -0.923. The summed E-state index contributed by atoms with van der Waals surface area (Å²) < 4.78 is 5.41. The van der Waals surface area contributed by atoms with Gasteiger partial charge in [-0.1, -0.05) is 69.8 Å². The number of aryl methyl sites for hydroxylation is 1. The molecule has 3 amide bonds. The van der Waals surface area contributed by atoms with E-state index in [4.69, 9.17) is 4.74 Å². The summed E-state index contributed by atoms with van der Waals surface area (Å²) in [6, 6.07) is 13.1. The lowest BCUT2D eigenvalue weighted by Crippen LogP contribution is -2.54. The van der Waals surface area contributed by atoms with Crippen LogP contribution in [-0.4, -0.2) is 41.0 Å². The molecule has 200 valence electrons. The van der Waals surface area contributed by atoms with Crippen molar-refractivity contribution >= 4 is 29.7 Å². The van der Waals surface area contributed by atoms with Gasteiger partial charge in [0.05, 0.1) is 0 Å². The second-order valence-electron chi connectivity index (χ2n) is 10.5. The maximum atomic E-state index is 14.0. The van der Waals surface area contributed by atoms with Gasteiger partial charge in [-0.2, -0.15) is 0 Å². The Morgan fingerprint density at radius 3 is 2.32 bits per heavy atom. The molecule has 0 saturated carbocycles. The third-order valence-corrected chi connectivity index (χ3v) is 5.78. The van der Waals surface area contributed by atoms with Gasteiger partial charge in [-0.15, -0.1) is 0 Å². The van der Waals surface area contributed by atoms with Gasteiger partial charge in [0, 0.05) is 12.2 Å². The average Bonchev–Trinajstić information content (AvgIpc) is 2.82. The minimum absolute atomic E-state index is 0.237. The molecule has 0 aliphatic heterocycles. The van der Waals surface area contributed by atoms with Gasteiger partial charge >= 0.3 is 6.09 Å². The van der Waals surface area contributed by atoms with Crippen LogP contribution in [0.25, 0.3) is 6.08 Å². The molecule has 2 aromatic rings. The van der Waals surface area contributed by atoms with Crippen LogP contribution in [0.2, 0.25) is 0 Å². The van der Waals surface area contributed by atoms with E-state index in [0.717, 1.165) is 11.1 Å². The summed E-state index contributed by atoms with van der Waals surface area (Å²) in [4.78, 5) is 42.0. The van der Waals surface area contributed by atoms with Crippen LogP contribution in [-0.2, 0) is 14.3 Å². The number of hydrogen-bond donors (Lipinski definition) is 2. The van der Waals surface area contributed by atoms with Gasteiger partial charge in [0.25, 0.3) is 5.91 Å². The lowest BCUT2D eigenvalue weighted by Gasteiger charge is -2.35. The number of nitrogens with one attached hydrogen (secondary N) is 2. The molecular formula is C30H41N3O4. The van der Waals surface area contributed by atoms with Gasteiger partial charge in [0.1, 0.15) is 17.7 Å². The highest BCUT2D eigenvalue weighted by Gasteiger charge is 2.37. The van der Waals surface area contributed by atoms with Gasteiger partial charge in [-0.25, -0.2) is 4.79 Å². The smallest absolute Gasteiger partial charge is 0.408 e. The van der Waals surface area contributed by atoms with E-state index in [9.17, 15) is 14.4 Å². The molecule has 7 heteroatoms. The second kappa shape index (κ2) is 13.1. The van der Waals surface area contributed by atoms with Crippen molar-refractivity contribution in [1.29, 1.82) is 0 Å². The molecule has 2 unspecified atom stereocenters. The summed E-state index contributed by atoms with van der Waals surface area (Å²) >= 11 is 0. The summed E-state index contributed by atoms with van der Waals surface area (Å²) in [5.41, 5.74) is 2.37. The molecule has 0 bridgehead atoms. The van der Waals surface area contributed by atoms with Gasteiger partial charge < -0.3 is 20.3 Å². The second-order valence-corrected chi connectivity index (χ2v) is 10.5. The van der Waals surface area contributed by atoms with E-state index in [2.05, 4.69) is 17.2 Å². The van der Waals surface area contributed by atoms with Crippen molar-refractivity contribution in [2.75, 3.05) is 11.9 Å². The van der Waals surface area contributed by atoms with Gasteiger partial charge in [-0.05, 0) is 68.9 Å². The highest BCUT2D eigenvalue weighted by atomic mass is 16.6. The van der Waals surface area contributed by atoms with Crippen molar-refractivity contribution in [2.45, 2.75) is 72.6 Å². The number of carbonyl (C=O) groups is 3. The summed E-state index contributed by atoms with van der Waals surface area (Å²) in [5.74, 6) is -0.923. The zero-order valence-electron chi connectivity index (χ0n) is 23.1. The lowest BCUT2D eigenvalue weighted by atomic mass is 9.97. The Balaban J connectivity index is 2.53. The number of hydrogen-bond acceptors (Lipinski definition) is 4. The van der Waals surface area contributed by atoms with E-state index >= 15 is 0 Å². The fraction of sp³-hybridized carbons (Fsp3) is 0.433. The number of carbonyl (C=O) groups excluding carboxylic acids is 3. The Morgan fingerprint density at radius 2 is 1.76 bits per heavy atom. The number of anilines is 1. The Labute approximate surface area is 221 Å². The maximum Gasteiger partial charge on any atom is 0.408 e. The number of benzene rings is 2. The van der Waals surface area contributed by atoms with E-state index in [0.29, 0.717) is 24.2 Å². The molecule has 2 N–H and O–H groups in total. The van der Waals surface area contributed by atoms with Gasteiger partial charge in [0.15, 0.2) is 0 Å². The van der Waals surface area contributed by atoms with Crippen LogP contribution in [0.5, 0.6) is 0 Å². The van der Waals surface area contributed by atoms with Gasteiger partial charge in [-0.3, -0.25) is 9.59 Å². The van der Waals surface area contributed by atoms with Crippen LogP contribution in [0.3, 0.4) is 0 Å². The highest BCUT2D eigenvalue weighted by molar-refractivity contribution is 5.99. The number of nitrogens with zero attached hydrogens (tertiary/aromatic N) is 1. The van der Waals surface area contributed by atoms with E-state index in [1.54, 1.807) is 31.7 Å². The highest BCUT2D eigenvalue weighted by Crippen LogP contribution is 2.27. The molecule has 0 aliphatic rings. The lowest BCUT2D eigenvalue weighted by molar-refractivity contribution is -0.141. The summed E-state index contributed by atoms with van der Waals surface area (Å²) in [7, 11) is 0. The third-order valence-electron chi connectivity index (χ3n) is 5.78. The Kier molecular flexibility index (Phi) is 10.5. The normalized spacial score (nSPS) is 12.9. The van der Waals surface area contributed by atoms with E-state index in [-0.39, 0.29) is 17.7 Å². The topological polar surface area (TPSA) is 87.7 Å². The summed E-state index contributed by atoms with van der Waals surface area (Å²) in [6.45, 7) is 17.0. The SMILES string of the molecule is C=Cc1cccc(C(C(=O)Nc2ccccc2C)N(CCC)C(=O)C(NC(=O)OC(C)(C)C)C(C)C)c1. The minimum Gasteiger partial charge on any atom is -0.444 e. The first-order valence-corrected chi connectivity index (χ1v) is 12.8. The maximum absolute atomic E-state index is 14.0.